The standard InChI is InChI=1S/C19H19ClN2O4S/c1-26-19(25)12-6-8-22(9-7-12)18(24)13-4-5-14(20)15(11-13)21-17(23)16-3-2-10-27-16/h2-5,10-12H,6-9H2,1H3,(H,21,23). The van der Waals surface area contributed by atoms with E-state index in [2.05, 4.69) is 5.32 Å². The molecule has 0 atom stereocenters. The molecule has 2 amide bonds. The van der Waals surface area contributed by atoms with E-state index in [0.29, 0.717) is 47.1 Å². The zero-order valence-electron chi connectivity index (χ0n) is 14.7. The van der Waals surface area contributed by atoms with Gasteiger partial charge in [0.15, 0.2) is 0 Å². The highest BCUT2D eigenvalue weighted by molar-refractivity contribution is 7.12. The lowest BCUT2D eigenvalue weighted by molar-refractivity contribution is -0.146. The number of amides is 2. The smallest absolute Gasteiger partial charge is 0.308 e. The van der Waals surface area contributed by atoms with Crippen LogP contribution in [0.4, 0.5) is 5.69 Å². The molecule has 0 radical (unpaired) electrons. The number of nitrogens with zero attached hydrogens (tertiary/aromatic N) is 1. The fraction of sp³-hybridized carbons (Fsp3) is 0.316. The maximum atomic E-state index is 12.8. The molecule has 0 aliphatic carbocycles. The Balaban J connectivity index is 1.69. The van der Waals surface area contributed by atoms with E-state index in [9.17, 15) is 14.4 Å². The van der Waals surface area contributed by atoms with Gasteiger partial charge in [0.25, 0.3) is 11.8 Å². The number of carbonyl (C=O) groups excluding carboxylic acids is 3. The molecule has 0 unspecified atom stereocenters. The second-order valence-corrected chi connectivity index (χ2v) is 7.57. The Morgan fingerprint density at radius 1 is 1.22 bits per heavy atom. The van der Waals surface area contributed by atoms with Crippen LogP contribution in [0.2, 0.25) is 5.02 Å². The van der Waals surface area contributed by atoms with Crippen LogP contribution < -0.4 is 5.32 Å². The number of halogens is 1. The molecule has 2 aromatic rings. The van der Waals surface area contributed by atoms with Gasteiger partial charge in [-0.05, 0) is 42.5 Å². The minimum atomic E-state index is -0.268. The van der Waals surface area contributed by atoms with Crippen molar-refractivity contribution in [3.05, 3.63) is 51.2 Å². The van der Waals surface area contributed by atoms with E-state index in [1.807, 2.05) is 5.38 Å². The molecule has 3 rings (SSSR count). The molecule has 1 fully saturated rings. The van der Waals surface area contributed by atoms with Crippen LogP contribution >= 0.6 is 22.9 Å². The van der Waals surface area contributed by atoms with E-state index in [4.69, 9.17) is 16.3 Å². The molecule has 1 aliphatic rings. The third-order valence-corrected chi connectivity index (χ3v) is 5.72. The highest BCUT2D eigenvalue weighted by atomic mass is 35.5. The summed E-state index contributed by atoms with van der Waals surface area (Å²) in [7, 11) is 1.37. The van der Waals surface area contributed by atoms with Crippen molar-refractivity contribution in [3.63, 3.8) is 0 Å². The monoisotopic (exact) mass is 406 g/mol. The van der Waals surface area contributed by atoms with Crippen molar-refractivity contribution in [3.8, 4) is 0 Å². The van der Waals surface area contributed by atoms with Crippen LogP contribution in [0.25, 0.3) is 0 Å². The number of ether oxygens (including phenoxy) is 1. The fourth-order valence-electron chi connectivity index (χ4n) is 3.01. The fourth-order valence-corrected chi connectivity index (χ4v) is 3.80. The van der Waals surface area contributed by atoms with Crippen LogP contribution in [0.5, 0.6) is 0 Å². The number of hydrogen-bond acceptors (Lipinski definition) is 5. The van der Waals surface area contributed by atoms with Crippen molar-refractivity contribution in [1.82, 2.24) is 4.90 Å². The predicted octanol–water partition coefficient (Wildman–Crippen LogP) is 3.68. The molecule has 142 valence electrons. The quantitative estimate of drug-likeness (QED) is 0.786. The molecule has 27 heavy (non-hydrogen) atoms. The van der Waals surface area contributed by atoms with E-state index in [1.165, 1.54) is 18.4 Å². The summed E-state index contributed by atoms with van der Waals surface area (Å²) >= 11 is 7.50. The van der Waals surface area contributed by atoms with E-state index in [-0.39, 0.29) is 23.7 Å². The first-order valence-corrected chi connectivity index (χ1v) is 9.77. The van der Waals surface area contributed by atoms with Gasteiger partial charge in [-0.3, -0.25) is 14.4 Å². The van der Waals surface area contributed by atoms with Gasteiger partial charge in [-0.25, -0.2) is 0 Å². The normalized spacial score (nSPS) is 14.7. The Kier molecular flexibility index (Phi) is 6.13. The largest absolute Gasteiger partial charge is 0.469 e. The first-order valence-electron chi connectivity index (χ1n) is 8.51. The Hall–Kier alpha value is -2.38. The minimum Gasteiger partial charge on any atom is -0.469 e. The summed E-state index contributed by atoms with van der Waals surface area (Å²) in [6, 6.07) is 8.33. The molecule has 0 saturated carbocycles. The number of carbonyl (C=O) groups is 3. The molecule has 1 N–H and O–H groups in total. The Morgan fingerprint density at radius 3 is 2.59 bits per heavy atom. The predicted molar refractivity (Wildman–Crippen MR) is 104 cm³/mol. The zero-order chi connectivity index (χ0) is 19.4. The van der Waals surface area contributed by atoms with Crippen molar-refractivity contribution in [2.75, 3.05) is 25.5 Å². The number of nitrogens with one attached hydrogen (secondary N) is 1. The number of likely N-dealkylation sites (tertiary alicyclic amines) is 1. The van der Waals surface area contributed by atoms with Crippen LogP contribution in [-0.2, 0) is 9.53 Å². The number of thiophene rings is 1. The molecule has 2 heterocycles. The van der Waals surface area contributed by atoms with Crippen molar-refractivity contribution in [2.45, 2.75) is 12.8 Å². The third-order valence-electron chi connectivity index (χ3n) is 4.52. The highest BCUT2D eigenvalue weighted by Crippen LogP contribution is 2.26. The van der Waals surface area contributed by atoms with Crippen LogP contribution in [0, 0.1) is 5.92 Å². The Labute approximate surface area is 166 Å². The first-order chi connectivity index (χ1) is 13.0. The van der Waals surface area contributed by atoms with Gasteiger partial charge in [-0.1, -0.05) is 17.7 Å². The number of esters is 1. The van der Waals surface area contributed by atoms with Crippen molar-refractivity contribution in [2.24, 2.45) is 5.92 Å². The van der Waals surface area contributed by atoms with E-state index in [1.54, 1.807) is 35.2 Å². The number of rotatable bonds is 4. The average molecular weight is 407 g/mol. The van der Waals surface area contributed by atoms with E-state index < -0.39 is 0 Å². The summed E-state index contributed by atoms with van der Waals surface area (Å²) < 4.78 is 4.77. The third kappa shape index (κ3) is 4.48. The van der Waals surface area contributed by atoms with Crippen molar-refractivity contribution < 1.29 is 19.1 Å². The molecule has 6 nitrogen and oxygen atoms in total. The lowest BCUT2D eigenvalue weighted by Crippen LogP contribution is -2.40. The minimum absolute atomic E-state index is 0.151. The van der Waals surface area contributed by atoms with Gasteiger partial charge in [-0.15, -0.1) is 11.3 Å². The van der Waals surface area contributed by atoms with Gasteiger partial charge < -0.3 is 15.0 Å². The average Bonchev–Trinajstić information content (AvgIpc) is 3.23. The van der Waals surface area contributed by atoms with Gasteiger partial charge in [0.1, 0.15) is 0 Å². The lowest BCUT2D eigenvalue weighted by Gasteiger charge is -2.30. The zero-order valence-corrected chi connectivity index (χ0v) is 16.3. The Morgan fingerprint density at radius 2 is 1.96 bits per heavy atom. The summed E-state index contributed by atoms with van der Waals surface area (Å²) in [4.78, 5) is 38.9. The molecule has 0 spiro atoms. The van der Waals surface area contributed by atoms with Gasteiger partial charge in [0.2, 0.25) is 0 Å². The van der Waals surface area contributed by atoms with E-state index in [0.717, 1.165) is 0 Å². The van der Waals surface area contributed by atoms with Gasteiger partial charge in [-0.2, -0.15) is 0 Å². The topological polar surface area (TPSA) is 75.7 Å². The van der Waals surface area contributed by atoms with E-state index >= 15 is 0 Å². The van der Waals surface area contributed by atoms with Gasteiger partial charge in [0.05, 0.1) is 28.6 Å². The molecule has 0 bridgehead atoms. The summed E-state index contributed by atoms with van der Waals surface area (Å²) in [6.45, 7) is 0.968. The second-order valence-electron chi connectivity index (χ2n) is 6.22. The SMILES string of the molecule is COC(=O)C1CCN(C(=O)c2ccc(Cl)c(NC(=O)c3cccs3)c2)CC1. The first kappa shape index (κ1) is 19.4. The number of benzene rings is 1. The lowest BCUT2D eigenvalue weighted by atomic mass is 9.96. The van der Waals surface area contributed by atoms with Gasteiger partial charge in [0, 0.05) is 18.7 Å². The summed E-state index contributed by atoms with van der Waals surface area (Å²) in [5.74, 6) is -0.811. The molecule has 1 aromatic carbocycles. The van der Waals surface area contributed by atoms with Gasteiger partial charge >= 0.3 is 5.97 Å². The summed E-state index contributed by atoms with van der Waals surface area (Å²) in [5, 5.41) is 4.92. The van der Waals surface area contributed by atoms with Crippen LogP contribution in [0.15, 0.2) is 35.7 Å². The molecule has 8 heteroatoms. The molecule has 1 aliphatic heterocycles. The number of piperidine rings is 1. The van der Waals surface area contributed by atoms with Crippen LogP contribution in [0.3, 0.4) is 0 Å². The van der Waals surface area contributed by atoms with Crippen LogP contribution in [-0.4, -0.2) is 42.9 Å². The molecule has 1 saturated heterocycles. The molecular weight excluding hydrogens is 388 g/mol. The maximum Gasteiger partial charge on any atom is 0.308 e. The van der Waals surface area contributed by atoms with Crippen molar-refractivity contribution >= 4 is 46.4 Å². The maximum absolute atomic E-state index is 12.8. The summed E-state index contributed by atoms with van der Waals surface area (Å²) in [5.41, 5.74) is 0.836. The molecular formula is C19H19ClN2O4S. The Bertz CT molecular complexity index is 845. The summed E-state index contributed by atoms with van der Waals surface area (Å²) in [6.07, 6.45) is 1.15. The van der Waals surface area contributed by atoms with Crippen molar-refractivity contribution in [1.29, 1.82) is 0 Å². The number of anilines is 1. The van der Waals surface area contributed by atoms with Crippen LogP contribution in [0.1, 0.15) is 32.9 Å². The second kappa shape index (κ2) is 8.54. The number of hydrogen-bond donors (Lipinski definition) is 1. The molecule has 1 aromatic heterocycles. The number of methoxy groups -OCH3 is 1. The highest BCUT2D eigenvalue weighted by Gasteiger charge is 2.28.